The van der Waals surface area contributed by atoms with Crippen LogP contribution in [0.25, 0.3) is 0 Å². The van der Waals surface area contributed by atoms with Crippen molar-refractivity contribution in [3.63, 3.8) is 0 Å². The van der Waals surface area contributed by atoms with E-state index >= 15 is 0 Å². The molecule has 1 unspecified atom stereocenters. The lowest BCUT2D eigenvalue weighted by Gasteiger charge is -2.38. The quantitative estimate of drug-likeness (QED) is 0.332. The van der Waals surface area contributed by atoms with Crippen LogP contribution < -0.4 is 5.32 Å². The van der Waals surface area contributed by atoms with E-state index in [1.165, 1.54) is 12.1 Å². The highest BCUT2D eigenvalue weighted by Gasteiger charge is 2.54. The van der Waals surface area contributed by atoms with Crippen molar-refractivity contribution in [3.05, 3.63) is 88.5 Å². The number of hydrogen-bond acceptors (Lipinski definition) is 5. The topological polar surface area (TPSA) is 96.4 Å². The first-order chi connectivity index (χ1) is 18.5. The van der Waals surface area contributed by atoms with Crippen LogP contribution >= 0.6 is 11.6 Å². The van der Waals surface area contributed by atoms with Crippen molar-refractivity contribution in [2.45, 2.75) is 41.4 Å². The Morgan fingerprint density at radius 2 is 1.64 bits per heavy atom. The van der Waals surface area contributed by atoms with Gasteiger partial charge >= 0.3 is 0 Å². The lowest BCUT2D eigenvalue weighted by Crippen LogP contribution is -2.45. The van der Waals surface area contributed by atoms with E-state index in [-0.39, 0.29) is 45.8 Å². The van der Waals surface area contributed by atoms with Crippen LogP contribution in [0.5, 0.6) is 0 Å². The van der Waals surface area contributed by atoms with E-state index in [2.05, 4.69) is 22.1 Å². The minimum atomic E-state index is -4.04. The summed E-state index contributed by atoms with van der Waals surface area (Å²) >= 11 is 6.28. The second-order valence-corrected chi connectivity index (χ2v) is 12.4. The van der Waals surface area contributed by atoms with Gasteiger partial charge in [-0.3, -0.25) is 9.78 Å². The summed E-state index contributed by atoms with van der Waals surface area (Å²) in [5.74, 6) is -0.376. The number of nitrogens with one attached hydrogen (secondary N) is 1. The molecular formula is C28H22ClF3N2O4S. The van der Waals surface area contributed by atoms with E-state index in [1.807, 2.05) is 0 Å². The summed E-state index contributed by atoms with van der Waals surface area (Å²) in [7, 11) is -4.04. The molecule has 2 aliphatic carbocycles. The molecule has 2 aliphatic rings. The predicted molar refractivity (Wildman–Crippen MR) is 138 cm³/mol. The van der Waals surface area contributed by atoms with E-state index in [9.17, 15) is 31.5 Å². The van der Waals surface area contributed by atoms with Gasteiger partial charge in [0.2, 0.25) is 0 Å². The zero-order valence-corrected chi connectivity index (χ0v) is 21.9. The molecular weight excluding hydrogens is 553 g/mol. The molecule has 2 aromatic carbocycles. The fourth-order valence-corrected chi connectivity index (χ4v) is 8.44. The van der Waals surface area contributed by atoms with Crippen LogP contribution in [0.3, 0.4) is 0 Å². The van der Waals surface area contributed by atoms with Gasteiger partial charge in [-0.2, -0.15) is 0 Å². The number of hydrogen-bond donors (Lipinski definition) is 2. The molecule has 2 N–H and O–H groups in total. The van der Waals surface area contributed by atoms with Crippen molar-refractivity contribution in [2.24, 2.45) is 11.8 Å². The Morgan fingerprint density at radius 1 is 1.03 bits per heavy atom. The first-order valence-electron chi connectivity index (χ1n) is 12.1. The van der Waals surface area contributed by atoms with Gasteiger partial charge in [0.25, 0.3) is 5.91 Å². The van der Waals surface area contributed by atoms with Gasteiger partial charge in [0.15, 0.2) is 27.3 Å². The molecule has 4 atom stereocenters. The van der Waals surface area contributed by atoms with Crippen molar-refractivity contribution in [1.82, 2.24) is 4.98 Å². The second-order valence-electron chi connectivity index (χ2n) is 9.89. The number of nitrogens with zero attached hydrogens (tertiary/aromatic N) is 1. The number of amides is 1. The number of sulfone groups is 1. The highest BCUT2D eigenvalue weighted by Crippen LogP contribution is 2.51. The Labute approximate surface area is 228 Å². The normalized spacial score (nSPS) is 24.1. The van der Waals surface area contributed by atoms with Crippen molar-refractivity contribution in [2.75, 3.05) is 5.32 Å². The van der Waals surface area contributed by atoms with Crippen LogP contribution in [0.2, 0.25) is 5.02 Å². The van der Waals surface area contributed by atoms with E-state index < -0.39 is 44.0 Å². The minimum absolute atomic E-state index is 0.0804. The van der Waals surface area contributed by atoms with Gasteiger partial charge in [-0.1, -0.05) is 23.4 Å². The minimum Gasteiger partial charge on any atom is -0.378 e. The Morgan fingerprint density at radius 3 is 2.26 bits per heavy atom. The monoisotopic (exact) mass is 574 g/mol. The van der Waals surface area contributed by atoms with Gasteiger partial charge in [0.05, 0.1) is 15.2 Å². The van der Waals surface area contributed by atoms with Gasteiger partial charge < -0.3 is 10.4 Å². The summed E-state index contributed by atoms with van der Waals surface area (Å²) < 4.78 is 68.0. The molecule has 2 fully saturated rings. The summed E-state index contributed by atoms with van der Waals surface area (Å²) in [6.07, 6.45) is 4.71. The number of carbonyl (C=O) groups excluding carboxylic acids is 1. The number of rotatable bonds is 4. The predicted octanol–water partition coefficient (Wildman–Crippen LogP) is 5.15. The molecule has 0 radical (unpaired) electrons. The van der Waals surface area contributed by atoms with Crippen LogP contribution in [0.1, 0.15) is 41.6 Å². The van der Waals surface area contributed by atoms with E-state index in [1.54, 1.807) is 24.5 Å². The molecule has 6 nitrogen and oxygen atoms in total. The molecule has 202 valence electrons. The molecule has 3 aromatic rings. The third-order valence-corrected chi connectivity index (χ3v) is 10.1. The molecule has 1 heterocycles. The lowest BCUT2D eigenvalue weighted by molar-refractivity contribution is 0.0340. The Balaban J connectivity index is 1.39. The number of fused-ring (bicyclic) bond motifs is 2. The van der Waals surface area contributed by atoms with Crippen LogP contribution in [0.15, 0.2) is 59.8 Å². The van der Waals surface area contributed by atoms with Crippen LogP contribution in [0.4, 0.5) is 18.9 Å². The molecule has 2 saturated carbocycles. The SMILES string of the molecule is O=C(Nc1cc(F)c(F)c(F)c1)c1ccc(Cl)c(S(=O)(=O)[C@H]2C3CC[C@H]2C[C@@](O)(C#Cc2ccncc2)C3)c1. The second kappa shape index (κ2) is 10.3. The number of carbonyl (C=O) groups is 1. The highest BCUT2D eigenvalue weighted by atomic mass is 35.5. The first-order valence-corrected chi connectivity index (χ1v) is 14.0. The molecule has 2 bridgehead atoms. The summed E-state index contributed by atoms with van der Waals surface area (Å²) in [6.45, 7) is 0. The van der Waals surface area contributed by atoms with E-state index in [0.717, 1.165) is 6.07 Å². The van der Waals surface area contributed by atoms with Gasteiger partial charge in [-0.05, 0) is 67.9 Å². The third-order valence-electron chi connectivity index (χ3n) is 7.26. The number of benzene rings is 2. The van der Waals surface area contributed by atoms with Gasteiger partial charge in [-0.15, -0.1) is 0 Å². The largest absolute Gasteiger partial charge is 0.378 e. The highest BCUT2D eigenvalue weighted by molar-refractivity contribution is 7.92. The van der Waals surface area contributed by atoms with Gasteiger partial charge in [0.1, 0.15) is 5.60 Å². The van der Waals surface area contributed by atoms with Crippen LogP contribution in [0, 0.1) is 41.1 Å². The fraction of sp³-hybridized carbons (Fsp3) is 0.286. The molecule has 1 aromatic heterocycles. The third kappa shape index (κ3) is 5.39. The standard InChI is InChI=1S/C28H22ClF3N2O4S/c29-21-4-3-17(27(35)34-20-12-22(30)25(32)23(31)13-20)11-24(21)39(37,38)26-18-1-2-19(26)15-28(36,14-18)8-5-16-6-9-33-10-7-16/h3-4,6-7,9-13,18-19,26,36H,1-2,14-15H2,(H,34,35)/t18-,19?,26+,28-/m0/s1. The van der Waals surface area contributed by atoms with Crippen molar-refractivity contribution in [3.8, 4) is 11.8 Å². The van der Waals surface area contributed by atoms with Crippen molar-refractivity contribution in [1.29, 1.82) is 0 Å². The maximum absolute atomic E-state index is 13.8. The smallest absolute Gasteiger partial charge is 0.255 e. The fourth-order valence-electron chi connectivity index (χ4n) is 5.60. The Kier molecular flexibility index (Phi) is 7.18. The molecule has 39 heavy (non-hydrogen) atoms. The van der Waals surface area contributed by atoms with Crippen molar-refractivity contribution >= 4 is 33.0 Å². The van der Waals surface area contributed by atoms with E-state index in [0.29, 0.717) is 30.5 Å². The summed E-state index contributed by atoms with van der Waals surface area (Å²) in [5, 5.41) is 12.5. The summed E-state index contributed by atoms with van der Waals surface area (Å²) in [5.41, 5.74) is -1.11. The summed E-state index contributed by atoms with van der Waals surface area (Å²) in [4.78, 5) is 16.5. The zero-order valence-electron chi connectivity index (χ0n) is 20.3. The van der Waals surface area contributed by atoms with Crippen LogP contribution in [-0.2, 0) is 9.84 Å². The molecule has 1 amide bonds. The summed E-state index contributed by atoms with van der Waals surface area (Å²) in [6, 6.07) is 8.31. The number of anilines is 1. The van der Waals surface area contributed by atoms with Gasteiger partial charge in [-0.25, -0.2) is 21.6 Å². The number of halogens is 4. The average molecular weight is 575 g/mol. The first kappa shape index (κ1) is 27.2. The molecule has 11 heteroatoms. The van der Waals surface area contributed by atoms with Gasteiger partial charge in [0, 0.05) is 41.3 Å². The maximum Gasteiger partial charge on any atom is 0.255 e. The number of aromatic nitrogens is 1. The van der Waals surface area contributed by atoms with Crippen LogP contribution in [-0.4, -0.2) is 35.3 Å². The molecule has 0 aliphatic heterocycles. The molecule has 5 rings (SSSR count). The Bertz CT molecular complexity index is 1590. The zero-order chi connectivity index (χ0) is 27.9. The lowest BCUT2D eigenvalue weighted by atomic mass is 9.77. The molecule has 0 spiro atoms. The Hall–Kier alpha value is -3.39. The number of pyridine rings is 1. The number of aliphatic hydroxyl groups is 1. The maximum atomic E-state index is 13.8. The van der Waals surface area contributed by atoms with E-state index in [4.69, 9.17) is 11.6 Å². The van der Waals surface area contributed by atoms with Crippen molar-refractivity contribution < 1.29 is 31.5 Å². The molecule has 0 saturated heterocycles. The average Bonchev–Trinajstić information content (AvgIpc) is 3.20.